The Morgan fingerprint density at radius 2 is 1.76 bits per heavy atom. The molecule has 0 amide bonds. The molecule has 5 heteroatoms. The van der Waals surface area contributed by atoms with Crippen LogP contribution in [-0.4, -0.2) is 26.3 Å². The van der Waals surface area contributed by atoms with Gasteiger partial charge in [-0.2, -0.15) is 0 Å². The fourth-order valence-corrected chi connectivity index (χ4v) is 2.55. The summed E-state index contributed by atoms with van der Waals surface area (Å²) in [5, 5.41) is 3.85. The normalized spacial score (nSPS) is 15.0. The number of rotatable bonds is 3. The van der Waals surface area contributed by atoms with E-state index < -0.39 is 0 Å². The maximum absolute atomic E-state index is 6.02. The van der Waals surface area contributed by atoms with E-state index in [9.17, 15) is 0 Å². The molecule has 1 heterocycles. The first-order chi connectivity index (χ1) is 10.2. The fourth-order valence-electron chi connectivity index (χ4n) is 2.38. The summed E-state index contributed by atoms with van der Waals surface area (Å²) in [6.07, 6.45) is 0. The molecule has 1 aliphatic heterocycles. The van der Waals surface area contributed by atoms with Crippen LogP contribution in [0.4, 0.5) is 22.7 Å². The lowest BCUT2D eigenvalue weighted by molar-refractivity contribution is 0.122. The second-order valence-corrected chi connectivity index (χ2v) is 5.38. The third kappa shape index (κ3) is 3.23. The van der Waals surface area contributed by atoms with Gasteiger partial charge in [0.15, 0.2) is 0 Å². The molecule has 1 aliphatic rings. The highest BCUT2D eigenvalue weighted by Gasteiger charge is 2.11. The second kappa shape index (κ2) is 6.24. The molecule has 110 valence electrons. The Bertz CT molecular complexity index is 609. The van der Waals surface area contributed by atoms with E-state index in [2.05, 4.69) is 22.3 Å². The Kier molecular flexibility index (Phi) is 4.18. The SMILES string of the molecule is Nc1c(Cl)cccc1Nc1ccc(N2CCOCC2)cc1. The second-order valence-electron chi connectivity index (χ2n) is 4.97. The van der Waals surface area contributed by atoms with E-state index in [1.54, 1.807) is 6.07 Å². The van der Waals surface area contributed by atoms with Gasteiger partial charge in [0.05, 0.1) is 29.6 Å². The summed E-state index contributed by atoms with van der Waals surface area (Å²) < 4.78 is 5.37. The van der Waals surface area contributed by atoms with Gasteiger partial charge in [-0.05, 0) is 36.4 Å². The molecule has 1 fully saturated rings. The van der Waals surface area contributed by atoms with E-state index in [0.717, 1.165) is 37.7 Å². The molecule has 2 aromatic rings. The lowest BCUT2D eigenvalue weighted by atomic mass is 10.2. The average molecular weight is 304 g/mol. The molecule has 0 aromatic heterocycles. The highest BCUT2D eigenvalue weighted by atomic mass is 35.5. The van der Waals surface area contributed by atoms with Crippen molar-refractivity contribution < 1.29 is 4.74 Å². The first kappa shape index (κ1) is 14.0. The molecule has 2 aromatic carbocycles. The number of nitrogens with two attached hydrogens (primary N) is 1. The molecule has 0 bridgehead atoms. The Morgan fingerprint density at radius 3 is 2.48 bits per heavy atom. The van der Waals surface area contributed by atoms with E-state index in [0.29, 0.717) is 10.7 Å². The fraction of sp³-hybridized carbons (Fsp3) is 0.250. The van der Waals surface area contributed by atoms with Crippen LogP contribution in [0.1, 0.15) is 0 Å². The Labute approximate surface area is 129 Å². The Morgan fingerprint density at radius 1 is 1.05 bits per heavy atom. The average Bonchev–Trinajstić information content (AvgIpc) is 2.53. The van der Waals surface area contributed by atoms with Gasteiger partial charge in [0.2, 0.25) is 0 Å². The van der Waals surface area contributed by atoms with Crippen LogP contribution in [0, 0.1) is 0 Å². The van der Waals surface area contributed by atoms with Crippen LogP contribution in [0.3, 0.4) is 0 Å². The highest BCUT2D eigenvalue weighted by Crippen LogP contribution is 2.30. The molecule has 0 spiro atoms. The summed E-state index contributed by atoms with van der Waals surface area (Å²) in [4.78, 5) is 2.32. The molecule has 3 rings (SSSR count). The summed E-state index contributed by atoms with van der Waals surface area (Å²) in [6.45, 7) is 3.46. The molecule has 3 N–H and O–H groups in total. The zero-order valence-corrected chi connectivity index (χ0v) is 12.4. The minimum absolute atomic E-state index is 0.560. The van der Waals surface area contributed by atoms with Gasteiger partial charge in [0.1, 0.15) is 0 Å². The van der Waals surface area contributed by atoms with Gasteiger partial charge in [0, 0.05) is 24.5 Å². The zero-order chi connectivity index (χ0) is 14.7. The number of nitrogens with one attached hydrogen (secondary N) is 1. The predicted molar refractivity (Wildman–Crippen MR) is 88.6 cm³/mol. The van der Waals surface area contributed by atoms with Crippen molar-refractivity contribution in [3.8, 4) is 0 Å². The largest absolute Gasteiger partial charge is 0.396 e. The maximum Gasteiger partial charge on any atom is 0.0742 e. The van der Waals surface area contributed by atoms with Crippen LogP contribution in [-0.2, 0) is 4.74 Å². The molecule has 1 saturated heterocycles. The van der Waals surface area contributed by atoms with Gasteiger partial charge >= 0.3 is 0 Å². The number of nitrogens with zero attached hydrogens (tertiary/aromatic N) is 1. The molecular formula is C16H18ClN3O. The predicted octanol–water partition coefficient (Wildman–Crippen LogP) is 3.50. The standard InChI is InChI=1S/C16H18ClN3O/c17-14-2-1-3-15(16(14)18)19-12-4-6-13(7-5-12)20-8-10-21-11-9-20/h1-7,19H,8-11,18H2. The number of halogens is 1. The summed E-state index contributed by atoms with van der Waals surface area (Å²) in [5.74, 6) is 0. The van der Waals surface area contributed by atoms with E-state index in [1.807, 2.05) is 24.3 Å². The number of para-hydroxylation sites is 1. The first-order valence-electron chi connectivity index (χ1n) is 6.98. The Hall–Kier alpha value is -1.91. The van der Waals surface area contributed by atoms with Crippen molar-refractivity contribution in [3.63, 3.8) is 0 Å². The van der Waals surface area contributed by atoms with Crippen molar-refractivity contribution in [2.45, 2.75) is 0 Å². The van der Waals surface area contributed by atoms with Gasteiger partial charge in [-0.3, -0.25) is 0 Å². The quantitative estimate of drug-likeness (QED) is 0.852. The number of hydrogen-bond acceptors (Lipinski definition) is 4. The van der Waals surface area contributed by atoms with Gasteiger partial charge in [0.25, 0.3) is 0 Å². The monoisotopic (exact) mass is 303 g/mol. The number of anilines is 4. The van der Waals surface area contributed by atoms with Gasteiger partial charge in [-0.25, -0.2) is 0 Å². The van der Waals surface area contributed by atoms with E-state index in [4.69, 9.17) is 22.1 Å². The summed E-state index contributed by atoms with van der Waals surface area (Å²) in [5.41, 5.74) is 9.55. The lowest BCUT2D eigenvalue weighted by Gasteiger charge is -2.29. The van der Waals surface area contributed by atoms with E-state index >= 15 is 0 Å². The van der Waals surface area contributed by atoms with Crippen LogP contribution >= 0.6 is 11.6 Å². The Balaban J connectivity index is 1.73. The number of morpholine rings is 1. The topological polar surface area (TPSA) is 50.5 Å². The van der Waals surface area contributed by atoms with Gasteiger partial charge in [-0.15, -0.1) is 0 Å². The first-order valence-corrected chi connectivity index (χ1v) is 7.35. The van der Waals surface area contributed by atoms with E-state index in [-0.39, 0.29) is 0 Å². The summed E-state index contributed by atoms with van der Waals surface area (Å²) in [6, 6.07) is 13.9. The minimum Gasteiger partial charge on any atom is -0.396 e. The molecule has 0 aliphatic carbocycles. The van der Waals surface area contributed by atoms with Gasteiger partial charge < -0.3 is 20.7 Å². The molecule has 0 unspecified atom stereocenters. The molecular weight excluding hydrogens is 286 g/mol. The lowest BCUT2D eigenvalue weighted by Crippen LogP contribution is -2.36. The van der Waals surface area contributed by atoms with Crippen molar-refractivity contribution in [1.29, 1.82) is 0 Å². The summed E-state index contributed by atoms with van der Waals surface area (Å²) >= 11 is 6.02. The van der Waals surface area contributed by atoms with Gasteiger partial charge in [-0.1, -0.05) is 17.7 Å². The molecule has 0 radical (unpaired) electrons. The molecule has 0 atom stereocenters. The van der Waals surface area contributed by atoms with Crippen LogP contribution in [0.15, 0.2) is 42.5 Å². The molecule has 4 nitrogen and oxygen atoms in total. The van der Waals surface area contributed by atoms with Crippen molar-refractivity contribution in [1.82, 2.24) is 0 Å². The van der Waals surface area contributed by atoms with Crippen molar-refractivity contribution in [2.24, 2.45) is 0 Å². The number of hydrogen-bond donors (Lipinski definition) is 2. The molecule has 0 saturated carbocycles. The van der Waals surface area contributed by atoms with Crippen molar-refractivity contribution in [2.75, 3.05) is 42.3 Å². The van der Waals surface area contributed by atoms with Crippen LogP contribution in [0.2, 0.25) is 5.02 Å². The highest BCUT2D eigenvalue weighted by molar-refractivity contribution is 6.33. The van der Waals surface area contributed by atoms with Crippen LogP contribution in [0.5, 0.6) is 0 Å². The van der Waals surface area contributed by atoms with Crippen LogP contribution < -0.4 is 16.0 Å². The summed E-state index contributed by atoms with van der Waals surface area (Å²) in [7, 11) is 0. The number of nitrogen functional groups attached to an aromatic ring is 1. The van der Waals surface area contributed by atoms with Crippen molar-refractivity contribution in [3.05, 3.63) is 47.5 Å². The van der Waals surface area contributed by atoms with Crippen LogP contribution in [0.25, 0.3) is 0 Å². The third-order valence-corrected chi connectivity index (χ3v) is 3.91. The van der Waals surface area contributed by atoms with Crippen molar-refractivity contribution >= 4 is 34.4 Å². The zero-order valence-electron chi connectivity index (χ0n) is 11.7. The minimum atomic E-state index is 0.560. The third-order valence-electron chi connectivity index (χ3n) is 3.58. The maximum atomic E-state index is 6.02. The molecule has 21 heavy (non-hydrogen) atoms. The smallest absolute Gasteiger partial charge is 0.0742 e. The number of ether oxygens (including phenoxy) is 1. The number of benzene rings is 2. The van der Waals surface area contributed by atoms with E-state index in [1.165, 1.54) is 5.69 Å².